The minimum Gasteiger partial charge on any atom is -0.383 e. The summed E-state index contributed by atoms with van der Waals surface area (Å²) < 4.78 is 2.81. The van der Waals surface area contributed by atoms with E-state index >= 15 is 0 Å². The number of halogens is 1. The lowest BCUT2D eigenvalue weighted by Gasteiger charge is -2.15. The van der Waals surface area contributed by atoms with Gasteiger partial charge in [0, 0.05) is 4.88 Å². The Hall–Kier alpha value is -0.810. The van der Waals surface area contributed by atoms with Crippen molar-refractivity contribution in [3.8, 4) is 0 Å². The van der Waals surface area contributed by atoms with E-state index in [0.717, 1.165) is 16.6 Å². The van der Waals surface area contributed by atoms with Gasteiger partial charge in [0.25, 0.3) is 0 Å². The van der Waals surface area contributed by atoms with Crippen molar-refractivity contribution in [3.05, 3.63) is 32.6 Å². The Morgan fingerprint density at radius 3 is 2.81 bits per heavy atom. The van der Waals surface area contributed by atoms with Crippen LogP contribution in [0.15, 0.2) is 22.0 Å². The van der Waals surface area contributed by atoms with Crippen molar-refractivity contribution >= 4 is 33.1 Å². The van der Waals surface area contributed by atoms with Crippen LogP contribution in [0.1, 0.15) is 30.0 Å². The summed E-state index contributed by atoms with van der Waals surface area (Å²) in [7, 11) is 0. The maximum absolute atomic E-state index is 6.04. The van der Waals surface area contributed by atoms with Crippen molar-refractivity contribution in [3.63, 3.8) is 0 Å². The minimum absolute atomic E-state index is 0.241. The summed E-state index contributed by atoms with van der Waals surface area (Å²) in [6.45, 7) is 4.10. The third-order valence-corrected chi connectivity index (χ3v) is 4.55. The van der Waals surface area contributed by atoms with Crippen LogP contribution >= 0.6 is 27.3 Å². The third kappa shape index (κ3) is 1.89. The molecule has 0 amide bonds. The highest BCUT2D eigenvalue weighted by molar-refractivity contribution is 9.10. The molecule has 2 heterocycles. The average molecular weight is 300 g/mol. The zero-order chi connectivity index (χ0) is 11.7. The molecule has 86 valence electrons. The van der Waals surface area contributed by atoms with Gasteiger partial charge in [0.15, 0.2) is 0 Å². The molecule has 0 spiro atoms. The predicted octanol–water partition coefficient (Wildman–Crippen LogP) is 3.60. The maximum Gasteiger partial charge on any atom is 0.137 e. The van der Waals surface area contributed by atoms with Gasteiger partial charge in [-0.25, -0.2) is 4.68 Å². The van der Waals surface area contributed by atoms with Crippen LogP contribution in [0.4, 0.5) is 5.82 Å². The number of aromatic nitrogens is 2. The summed E-state index contributed by atoms with van der Waals surface area (Å²) in [5.74, 6) is 0.706. The monoisotopic (exact) mass is 299 g/mol. The molecule has 3 nitrogen and oxygen atoms in total. The second-order valence-corrected chi connectivity index (χ2v) is 5.44. The Bertz CT molecular complexity index is 476. The van der Waals surface area contributed by atoms with Crippen LogP contribution in [0.5, 0.6) is 0 Å². The molecule has 2 rings (SSSR count). The first-order valence-electron chi connectivity index (χ1n) is 5.18. The smallest absolute Gasteiger partial charge is 0.137 e. The number of nitrogens with zero attached hydrogens (tertiary/aromatic N) is 2. The average Bonchev–Trinajstić information content (AvgIpc) is 2.86. The molecule has 0 saturated carbocycles. The second-order valence-electron chi connectivity index (χ2n) is 3.67. The molecule has 0 fully saturated rings. The van der Waals surface area contributed by atoms with Gasteiger partial charge in [-0.3, -0.25) is 0 Å². The van der Waals surface area contributed by atoms with E-state index in [9.17, 15) is 0 Å². The predicted molar refractivity (Wildman–Crippen MR) is 71.8 cm³/mol. The Morgan fingerprint density at radius 2 is 2.38 bits per heavy atom. The largest absolute Gasteiger partial charge is 0.383 e. The van der Waals surface area contributed by atoms with Crippen LogP contribution < -0.4 is 5.73 Å². The van der Waals surface area contributed by atoms with E-state index in [-0.39, 0.29) is 6.04 Å². The Morgan fingerprint density at radius 1 is 1.62 bits per heavy atom. The lowest BCUT2D eigenvalue weighted by Crippen LogP contribution is -2.12. The van der Waals surface area contributed by atoms with E-state index in [2.05, 4.69) is 45.5 Å². The van der Waals surface area contributed by atoms with Crippen LogP contribution in [0.3, 0.4) is 0 Å². The summed E-state index contributed by atoms with van der Waals surface area (Å²) in [6.07, 6.45) is 0.984. The summed E-state index contributed by atoms with van der Waals surface area (Å²) in [4.78, 5) is 1.30. The van der Waals surface area contributed by atoms with Gasteiger partial charge in [-0.05, 0) is 40.7 Å². The highest BCUT2D eigenvalue weighted by atomic mass is 79.9. The summed E-state index contributed by atoms with van der Waals surface area (Å²) in [5.41, 5.74) is 6.98. The topological polar surface area (TPSA) is 43.8 Å². The normalized spacial score (nSPS) is 12.9. The highest BCUT2D eigenvalue weighted by Gasteiger charge is 2.19. The highest BCUT2D eigenvalue weighted by Crippen LogP contribution is 2.32. The van der Waals surface area contributed by atoms with Crippen molar-refractivity contribution in [2.75, 3.05) is 5.73 Å². The van der Waals surface area contributed by atoms with Crippen molar-refractivity contribution in [1.82, 2.24) is 9.78 Å². The van der Waals surface area contributed by atoms with E-state index in [1.807, 2.05) is 11.6 Å². The van der Waals surface area contributed by atoms with E-state index in [1.165, 1.54) is 4.88 Å². The van der Waals surface area contributed by atoms with Crippen molar-refractivity contribution < 1.29 is 0 Å². The third-order valence-electron chi connectivity index (χ3n) is 2.60. The van der Waals surface area contributed by atoms with E-state index in [1.54, 1.807) is 11.3 Å². The van der Waals surface area contributed by atoms with Gasteiger partial charge in [-0.15, -0.1) is 11.3 Å². The minimum atomic E-state index is 0.241. The van der Waals surface area contributed by atoms with Crippen molar-refractivity contribution in [2.24, 2.45) is 0 Å². The molecule has 0 aliphatic rings. The number of hydrogen-bond donors (Lipinski definition) is 1. The van der Waals surface area contributed by atoms with E-state index in [4.69, 9.17) is 5.73 Å². The van der Waals surface area contributed by atoms with Crippen LogP contribution in [-0.2, 0) is 0 Å². The number of rotatable bonds is 3. The van der Waals surface area contributed by atoms with Crippen LogP contribution in [0.25, 0.3) is 0 Å². The summed E-state index contributed by atoms with van der Waals surface area (Å²) in [5, 5.41) is 6.57. The molecule has 0 saturated heterocycles. The van der Waals surface area contributed by atoms with Gasteiger partial charge in [0.2, 0.25) is 0 Å². The van der Waals surface area contributed by atoms with Crippen LogP contribution in [0.2, 0.25) is 0 Å². The lowest BCUT2D eigenvalue weighted by atomic mass is 10.2. The molecule has 0 aliphatic carbocycles. The van der Waals surface area contributed by atoms with Gasteiger partial charge in [0.05, 0.1) is 16.2 Å². The Balaban J connectivity index is 2.45. The van der Waals surface area contributed by atoms with Crippen LogP contribution in [0, 0.1) is 6.92 Å². The van der Waals surface area contributed by atoms with Gasteiger partial charge in [-0.1, -0.05) is 13.0 Å². The Labute approximate surface area is 107 Å². The van der Waals surface area contributed by atoms with Gasteiger partial charge in [-0.2, -0.15) is 5.10 Å². The molecule has 2 aromatic heterocycles. The fourth-order valence-electron chi connectivity index (χ4n) is 1.76. The molecule has 0 aliphatic heterocycles. The first-order valence-corrected chi connectivity index (χ1v) is 6.85. The van der Waals surface area contributed by atoms with Crippen molar-refractivity contribution in [1.29, 1.82) is 0 Å². The number of thiophene rings is 1. The van der Waals surface area contributed by atoms with Crippen LogP contribution in [-0.4, -0.2) is 9.78 Å². The zero-order valence-corrected chi connectivity index (χ0v) is 11.7. The molecule has 5 heteroatoms. The number of aryl methyl sites for hydroxylation is 1. The molecule has 0 bridgehead atoms. The molecule has 2 aromatic rings. The molecule has 2 N–H and O–H groups in total. The first kappa shape index (κ1) is 11.7. The number of nitrogen functional groups attached to an aromatic ring is 1. The molecule has 16 heavy (non-hydrogen) atoms. The maximum atomic E-state index is 6.04. The lowest BCUT2D eigenvalue weighted by molar-refractivity contribution is 0.521. The first-order chi connectivity index (χ1) is 7.65. The molecule has 1 unspecified atom stereocenters. The molecular weight excluding hydrogens is 286 g/mol. The molecular formula is C11H14BrN3S. The fourth-order valence-corrected chi connectivity index (χ4v) is 2.91. The molecule has 1 atom stereocenters. The second kappa shape index (κ2) is 4.59. The van der Waals surface area contributed by atoms with E-state index in [0.29, 0.717) is 5.82 Å². The standard InChI is InChI=1S/C11H14BrN3S/c1-3-8(9-5-4-6-16-9)15-11(13)10(12)7(2)14-15/h4-6,8H,3,13H2,1-2H3. The van der Waals surface area contributed by atoms with Gasteiger partial charge < -0.3 is 5.73 Å². The fraction of sp³-hybridized carbons (Fsp3) is 0.364. The summed E-state index contributed by atoms with van der Waals surface area (Å²) in [6, 6.07) is 4.43. The summed E-state index contributed by atoms with van der Waals surface area (Å²) >= 11 is 5.20. The number of hydrogen-bond acceptors (Lipinski definition) is 3. The molecule has 0 aromatic carbocycles. The zero-order valence-electron chi connectivity index (χ0n) is 9.27. The molecule has 0 radical (unpaired) electrons. The quantitative estimate of drug-likeness (QED) is 0.941. The number of nitrogens with two attached hydrogens (primary N) is 1. The van der Waals surface area contributed by atoms with Crippen molar-refractivity contribution in [2.45, 2.75) is 26.3 Å². The van der Waals surface area contributed by atoms with Gasteiger partial charge in [0.1, 0.15) is 5.82 Å². The Kier molecular flexibility index (Phi) is 3.35. The van der Waals surface area contributed by atoms with E-state index < -0.39 is 0 Å². The van der Waals surface area contributed by atoms with Gasteiger partial charge >= 0.3 is 0 Å². The number of anilines is 1. The SMILES string of the molecule is CCC(c1cccs1)n1nc(C)c(Br)c1N.